The second-order valence-electron chi connectivity index (χ2n) is 6.01. The molecule has 1 atom stereocenters. The quantitative estimate of drug-likeness (QED) is 0.636. The lowest BCUT2D eigenvalue weighted by atomic mass is 10.00. The van der Waals surface area contributed by atoms with Crippen LogP contribution in [0.1, 0.15) is 33.8 Å². The van der Waals surface area contributed by atoms with Crippen LogP contribution in [-0.2, 0) is 11.3 Å². The van der Waals surface area contributed by atoms with Gasteiger partial charge in [0.25, 0.3) is 0 Å². The number of nitrogens with two attached hydrogens (primary N) is 1. The van der Waals surface area contributed by atoms with Crippen LogP contribution in [0.4, 0.5) is 0 Å². The van der Waals surface area contributed by atoms with E-state index >= 15 is 0 Å². The highest BCUT2D eigenvalue weighted by Crippen LogP contribution is 2.33. The Bertz CT molecular complexity index is 887. The molecular formula is C21H21NO3S. The van der Waals surface area contributed by atoms with Gasteiger partial charge in [0.2, 0.25) is 0 Å². The predicted octanol–water partition coefficient (Wildman–Crippen LogP) is 4.80. The molecule has 0 aliphatic rings. The summed E-state index contributed by atoms with van der Waals surface area (Å²) in [6.45, 7) is 2.17. The van der Waals surface area contributed by atoms with E-state index in [0.717, 1.165) is 22.3 Å². The van der Waals surface area contributed by atoms with Crippen molar-refractivity contribution in [1.29, 1.82) is 0 Å². The zero-order chi connectivity index (χ0) is 18.5. The molecule has 4 nitrogen and oxygen atoms in total. The van der Waals surface area contributed by atoms with Gasteiger partial charge in [0, 0.05) is 11.6 Å². The molecule has 1 aromatic heterocycles. The first-order valence-electron chi connectivity index (χ1n) is 8.32. The van der Waals surface area contributed by atoms with E-state index in [-0.39, 0.29) is 18.6 Å². The standard InChI is InChI=1S/C21H21NO3S/c1-14(22)16-10-17(12-18(11-16)24-2)19-8-9-26-20(19)21(23)25-13-15-6-4-3-5-7-15/h3-12,14H,13,22H2,1-2H3/t14-/m1/s1. The van der Waals surface area contributed by atoms with Crippen molar-refractivity contribution < 1.29 is 14.3 Å². The minimum Gasteiger partial charge on any atom is -0.497 e. The van der Waals surface area contributed by atoms with E-state index in [4.69, 9.17) is 15.2 Å². The van der Waals surface area contributed by atoms with Gasteiger partial charge in [-0.05, 0) is 53.3 Å². The second-order valence-corrected chi connectivity index (χ2v) is 6.92. The lowest BCUT2D eigenvalue weighted by Gasteiger charge is -2.12. The summed E-state index contributed by atoms with van der Waals surface area (Å²) >= 11 is 1.37. The van der Waals surface area contributed by atoms with E-state index in [2.05, 4.69) is 0 Å². The third kappa shape index (κ3) is 4.12. The molecule has 0 aliphatic carbocycles. The number of benzene rings is 2. The summed E-state index contributed by atoms with van der Waals surface area (Å²) in [6, 6.07) is 17.2. The molecule has 26 heavy (non-hydrogen) atoms. The Hall–Kier alpha value is -2.63. The summed E-state index contributed by atoms with van der Waals surface area (Å²) in [4.78, 5) is 13.2. The van der Waals surface area contributed by atoms with Crippen molar-refractivity contribution in [1.82, 2.24) is 0 Å². The first-order valence-corrected chi connectivity index (χ1v) is 9.20. The summed E-state index contributed by atoms with van der Waals surface area (Å²) in [5.74, 6) is 0.383. The fraction of sp³-hybridized carbons (Fsp3) is 0.190. The molecule has 0 saturated heterocycles. The second kappa shape index (κ2) is 8.17. The average molecular weight is 367 g/mol. The highest BCUT2D eigenvalue weighted by atomic mass is 32.1. The van der Waals surface area contributed by atoms with Crippen molar-refractivity contribution in [2.24, 2.45) is 5.73 Å². The molecule has 0 unspecified atom stereocenters. The summed E-state index contributed by atoms with van der Waals surface area (Å²) in [7, 11) is 1.62. The Kier molecular flexibility index (Phi) is 5.71. The Labute approximate surface area is 157 Å². The summed E-state index contributed by atoms with van der Waals surface area (Å²) < 4.78 is 10.9. The van der Waals surface area contributed by atoms with Crippen LogP contribution < -0.4 is 10.5 Å². The molecule has 5 heteroatoms. The van der Waals surface area contributed by atoms with Crippen molar-refractivity contribution >= 4 is 17.3 Å². The van der Waals surface area contributed by atoms with Gasteiger partial charge in [-0.1, -0.05) is 30.3 Å². The number of methoxy groups -OCH3 is 1. The van der Waals surface area contributed by atoms with Crippen LogP contribution in [0.3, 0.4) is 0 Å². The topological polar surface area (TPSA) is 61.5 Å². The Morgan fingerprint density at radius 1 is 1.15 bits per heavy atom. The van der Waals surface area contributed by atoms with E-state index in [1.807, 2.05) is 66.9 Å². The molecule has 3 rings (SSSR count). The number of hydrogen-bond donors (Lipinski definition) is 1. The summed E-state index contributed by atoms with van der Waals surface area (Å²) in [6.07, 6.45) is 0. The van der Waals surface area contributed by atoms with Crippen LogP contribution in [0.25, 0.3) is 11.1 Å². The molecule has 0 spiro atoms. The van der Waals surface area contributed by atoms with Gasteiger partial charge in [-0.15, -0.1) is 11.3 Å². The van der Waals surface area contributed by atoms with Gasteiger partial charge in [-0.3, -0.25) is 0 Å². The lowest BCUT2D eigenvalue weighted by molar-refractivity contribution is 0.0479. The molecule has 0 saturated carbocycles. The number of thiophene rings is 1. The molecule has 0 bridgehead atoms. The third-order valence-corrected chi connectivity index (χ3v) is 4.96. The zero-order valence-electron chi connectivity index (χ0n) is 14.8. The minimum absolute atomic E-state index is 0.129. The van der Waals surface area contributed by atoms with E-state index in [0.29, 0.717) is 10.6 Å². The molecule has 2 aromatic carbocycles. The van der Waals surface area contributed by atoms with Crippen molar-refractivity contribution in [3.63, 3.8) is 0 Å². The number of carbonyl (C=O) groups excluding carboxylic acids is 1. The summed E-state index contributed by atoms with van der Waals surface area (Å²) in [5.41, 5.74) is 9.66. The smallest absolute Gasteiger partial charge is 0.349 e. The number of rotatable bonds is 6. The van der Waals surface area contributed by atoms with Gasteiger partial charge in [-0.2, -0.15) is 0 Å². The first kappa shape index (κ1) is 18.2. The van der Waals surface area contributed by atoms with Gasteiger partial charge < -0.3 is 15.2 Å². The highest BCUT2D eigenvalue weighted by Gasteiger charge is 2.18. The molecule has 0 radical (unpaired) electrons. The van der Waals surface area contributed by atoms with Crippen molar-refractivity contribution in [3.8, 4) is 16.9 Å². The molecule has 0 amide bonds. The van der Waals surface area contributed by atoms with Gasteiger partial charge in [0.15, 0.2) is 0 Å². The number of carbonyl (C=O) groups is 1. The maximum Gasteiger partial charge on any atom is 0.349 e. The van der Waals surface area contributed by atoms with Crippen LogP contribution in [-0.4, -0.2) is 13.1 Å². The van der Waals surface area contributed by atoms with Crippen LogP contribution >= 0.6 is 11.3 Å². The van der Waals surface area contributed by atoms with Gasteiger partial charge >= 0.3 is 5.97 Å². The van der Waals surface area contributed by atoms with E-state index in [1.54, 1.807) is 7.11 Å². The van der Waals surface area contributed by atoms with Gasteiger partial charge in [0.1, 0.15) is 17.2 Å². The van der Waals surface area contributed by atoms with Crippen LogP contribution in [0.5, 0.6) is 5.75 Å². The Balaban J connectivity index is 1.86. The minimum atomic E-state index is -0.330. The fourth-order valence-electron chi connectivity index (χ4n) is 2.64. The van der Waals surface area contributed by atoms with E-state index in [1.165, 1.54) is 11.3 Å². The van der Waals surface area contributed by atoms with Crippen molar-refractivity contribution in [2.75, 3.05) is 7.11 Å². The first-order chi connectivity index (χ1) is 12.6. The van der Waals surface area contributed by atoms with Crippen LogP contribution in [0, 0.1) is 0 Å². The molecule has 2 N–H and O–H groups in total. The monoisotopic (exact) mass is 367 g/mol. The van der Waals surface area contributed by atoms with Crippen LogP contribution in [0.15, 0.2) is 60.0 Å². The Morgan fingerprint density at radius 3 is 2.62 bits per heavy atom. The maximum atomic E-state index is 12.6. The summed E-state index contributed by atoms with van der Waals surface area (Å²) in [5, 5.41) is 1.89. The van der Waals surface area contributed by atoms with Crippen molar-refractivity contribution in [2.45, 2.75) is 19.6 Å². The van der Waals surface area contributed by atoms with E-state index in [9.17, 15) is 4.79 Å². The molecular weight excluding hydrogens is 346 g/mol. The lowest BCUT2D eigenvalue weighted by Crippen LogP contribution is -2.06. The maximum absolute atomic E-state index is 12.6. The fourth-order valence-corrected chi connectivity index (χ4v) is 3.45. The molecule has 0 aliphatic heterocycles. The normalized spacial score (nSPS) is 11.8. The van der Waals surface area contributed by atoms with E-state index < -0.39 is 0 Å². The third-order valence-electron chi connectivity index (χ3n) is 4.06. The van der Waals surface area contributed by atoms with Crippen LogP contribution in [0.2, 0.25) is 0 Å². The Morgan fingerprint density at radius 2 is 1.92 bits per heavy atom. The average Bonchev–Trinajstić information content (AvgIpc) is 3.16. The molecule has 3 aromatic rings. The van der Waals surface area contributed by atoms with Crippen molar-refractivity contribution in [3.05, 3.63) is 76.0 Å². The molecule has 134 valence electrons. The highest BCUT2D eigenvalue weighted by molar-refractivity contribution is 7.12. The SMILES string of the molecule is COc1cc(-c2ccsc2C(=O)OCc2ccccc2)cc([C@@H](C)N)c1. The zero-order valence-corrected chi connectivity index (χ0v) is 15.6. The number of ether oxygens (including phenoxy) is 2. The predicted molar refractivity (Wildman–Crippen MR) is 104 cm³/mol. The molecule has 0 fully saturated rings. The van der Waals surface area contributed by atoms with Gasteiger partial charge in [0.05, 0.1) is 7.11 Å². The molecule has 1 heterocycles. The largest absolute Gasteiger partial charge is 0.497 e. The number of esters is 1. The number of hydrogen-bond acceptors (Lipinski definition) is 5. The van der Waals surface area contributed by atoms with Gasteiger partial charge in [-0.25, -0.2) is 4.79 Å².